The molecule has 5 heteroatoms. The van der Waals surface area contributed by atoms with Crippen LogP contribution in [0.3, 0.4) is 0 Å². The smallest absolute Gasteiger partial charge is 0.330 e. The Morgan fingerprint density at radius 1 is 1.04 bits per heavy atom. The minimum absolute atomic E-state index is 0.290. The molecule has 23 heavy (non-hydrogen) atoms. The van der Waals surface area contributed by atoms with Gasteiger partial charge in [-0.1, -0.05) is 43.0 Å². The van der Waals surface area contributed by atoms with Crippen molar-refractivity contribution in [2.24, 2.45) is 0 Å². The number of carbonyl (C=O) groups is 2. The first-order valence-electron chi connectivity index (χ1n) is 7.21. The Hall–Kier alpha value is -3.08. The SMILES string of the molecule is C=C1C(C(=O)O)Nc2ccccc2C1C(=O)Nc1ccccc1. The van der Waals surface area contributed by atoms with E-state index in [2.05, 4.69) is 17.2 Å². The Balaban J connectivity index is 1.96. The zero-order valence-electron chi connectivity index (χ0n) is 12.3. The summed E-state index contributed by atoms with van der Waals surface area (Å²) >= 11 is 0. The first-order chi connectivity index (χ1) is 11.1. The van der Waals surface area contributed by atoms with E-state index < -0.39 is 17.9 Å². The lowest BCUT2D eigenvalue weighted by molar-refractivity contribution is -0.137. The maximum atomic E-state index is 12.7. The lowest BCUT2D eigenvalue weighted by atomic mass is 9.82. The molecule has 5 nitrogen and oxygen atoms in total. The van der Waals surface area contributed by atoms with E-state index in [9.17, 15) is 14.7 Å². The lowest BCUT2D eigenvalue weighted by Gasteiger charge is -2.32. The normalized spacial score (nSPS) is 19.4. The van der Waals surface area contributed by atoms with Gasteiger partial charge in [0.05, 0.1) is 5.92 Å². The number of fused-ring (bicyclic) bond motifs is 1. The molecule has 2 unspecified atom stereocenters. The fourth-order valence-electron chi connectivity index (χ4n) is 2.76. The fourth-order valence-corrected chi connectivity index (χ4v) is 2.76. The predicted octanol–water partition coefficient (Wildman–Crippen LogP) is 2.84. The second kappa shape index (κ2) is 5.96. The van der Waals surface area contributed by atoms with Crippen molar-refractivity contribution < 1.29 is 14.7 Å². The van der Waals surface area contributed by atoms with Crippen LogP contribution >= 0.6 is 0 Å². The van der Waals surface area contributed by atoms with Crippen molar-refractivity contribution in [2.45, 2.75) is 12.0 Å². The molecule has 1 amide bonds. The number of rotatable bonds is 3. The summed E-state index contributed by atoms with van der Waals surface area (Å²) in [4.78, 5) is 24.2. The third-order valence-corrected chi connectivity index (χ3v) is 3.86. The summed E-state index contributed by atoms with van der Waals surface area (Å²) in [7, 11) is 0. The van der Waals surface area contributed by atoms with Gasteiger partial charge in [0.1, 0.15) is 6.04 Å². The Bertz CT molecular complexity index is 771. The number of carboxylic acid groups (broad SMARTS) is 1. The molecule has 0 saturated carbocycles. The lowest BCUT2D eigenvalue weighted by Crippen LogP contribution is -2.40. The van der Waals surface area contributed by atoms with E-state index in [-0.39, 0.29) is 5.91 Å². The van der Waals surface area contributed by atoms with E-state index in [1.807, 2.05) is 24.3 Å². The van der Waals surface area contributed by atoms with Crippen LogP contribution in [0, 0.1) is 0 Å². The van der Waals surface area contributed by atoms with Gasteiger partial charge < -0.3 is 15.7 Å². The molecule has 0 bridgehead atoms. The van der Waals surface area contributed by atoms with Gasteiger partial charge in [-0.25, -0.2) is 4.79 Å². The van der Waals surface area contributed by atoms with Crippen molar-refractivity contribution in [1.29, 1.82) is 0 Å². The summed E-state index contributed by atoms with van der Waals surface area (Å²) in [6.07, 6.45) is 0. The Labute approximate surface area is 133 Å². The highest BCUT2D eigenvalue weighted by Gasteiger charge is 2.37. The minimum Gasteiger partial charge on any atom is -0.479 e. The summed E-state index contributed by atoms with van der Waals surface area (Å²) in [6.45, 7) is 3.86. The van der Waals surface area contributed by atoms with E-state index in [0.717, 1.165) is 5.56 Å². The molecular weight excluding hydrogens is 292 g/mol. The number of para-hydroxylation sites is 2. The molecule has 3 rings (SSSR count). The fraction of sp³-hybridized carbons (Fsp3) is 0.111. The van der Waals surface area contributed by atoms with Crippen LogP contribution in [0.4, 0.5) is 11.4 Å². The molecule has 3 N–H and O–H groups in total. The highest BCUT2D eigenvalue weighted by atomic mass is 16.4. The Morgan fingerprint density at radius 2 is 1.70 bits per heavy atom. The van der Waals surface area contributed by atoms with E-state index in [0.29, 0.717) is 16.9 Å². The van der Waals surface area contributed by atoms with Crippen LogP contribution in [0.5, 0.6) is 0 Å². The van der Waals surface area contributed by atoms with Gasteiger partial charge in [-0.3, -0.25) is 4.79 Å². The van der Waals surface area contributed by atoms with Crippen molar-refractivity contribution in [3.63, 3.8) is 0 Å². The zero-order chi connectivity index (χ0) is 16.4. The van der Waals surface area contributed by atoms with Crippen LogP contribution < -0.4 is 10.6 Å². The third kappa shape index (κ3) is 2.81. The van der Waals surface area contributed by atoms with E-state index >= 15 is 0 Å². The molecule has 0 saturated heterocycles. The molecular formula is C18H16N2O3. The second-order valence-electron chi connectivity index (χ2n) is 5.37. The first-order valence-corrected chi connectivity index (χ1v) is 7.21. The third-order valence-electron chi connectivity index (χ3n) is 3.86. The van der Waals surface area contributed by atoms with Crippen LogP contribution in [-0.4, -0.2) is 23.0 Å². The van der Waals surface area contributed by atoms with Gasteiger partial charge in [-0.05, 0) is 29.3 Å². The van der Waals surface area contributed by atoms with Gasteiger partial charge in [-0.2, -0.15) is 0 Å². The molecule has 0 radical (unpaired) electrons. The molecule has 1 heterocycles. The van der Waals surface area contributed by atoms with Gasteiger partial charge in [0.15, 0.2) is 0 Å². The van der Waals surface area contributed by atoms with Crippen LogP contribution in [-0.2, 0) is 9.59 Å². The average molecular weight is 308 g/mol. The zero-order valence-corrected chi connectivity index (χ0v) is 12.3. The molecule has 0 aliphatic carbocycles. The summed E-state index contributed by atoms with van der Waals surface area (Å²) in [5.41, 5.74) is 2.35. The van der Waals surface area contributed by atoms with Crippen molar-refractivity contribution in [2.75, 3.05) is 10.6 Å². The van der Waals surface area contributed by atoms with Gasteiger partial charge in [-0.15, -0.1) is 0 Å². The molecule has 2 aromatic carbocycles. The number of nitrogens with one attached hydrogen (secondary N) is 2. The number of hydrogen-bond donors (Lipinski definition) is 3. The Kier molecular flexibility index (Phi) is 3.85. The highest BCUT2D eigenvalue weighted by molar-refractivity contribution is 6.02. The molecule has 116 valence electrons. The van der Waals surface area contributed by atoms with Crippen LogP contribution in [0.1, 0.15) is 11.5 Å². The minimum atomic E-state index is -1.05. The molecule has 2 atom stereocenters. The highest BCUT2D eigenvalue weighted by Crippen LogP contribution is 2.38. The first kappa shape index (κ1) is 14.8. The molecule has 0 spiro atoms. The summed E-state index contributed by atoms with van der Waals surface area (Å²) in [5, 5.41) is 15.1. The van der Waals surface area contributed by atoms with Gasteiger partial charge in [0.2, 0.25) is 5.91 Å². The van der Waals surface area contributed by atoms with Gasteiger partial charge in [0, 0.05) is 11.4 Å². The number of benzene rings is 2. The maximum absolute atomic E-state index is 12.7. The summed E-state index contributed by atoms with van der Waals surface area (Å²) < 4.78 is 0. The van der Waals surface area contributed by atoms with Crippen LogP contribution in [0.2, 0.25) is 0 Å². The van der Waals surface area contributed by atoms with Crippen LogP contribution in [0.15, 0.2) is 66.7 Å². The van der Waals surface area contributed by atoms with Crippen molar-refractivity contribution in [1.82, 2.24) is 0 Å². The van der Waals surface area contributed by atoms with Crippen LogP contribution in [0.25, 0.3) is 0 Å². The van der Waals surface area contributed by atoms with E-state index in [1.165, 1.54) is 0 Å². The Morgan fingerprint density at radius 3 is 2.39 bits per heavy atom. The molecule has 0 fully saturated rings. The maximum Gasteiger partial charge on any atom is 0.330 e. The quantitative estimate of drug-likeness (QED) is 0.762. The van der Waals surface area contributed by atoms with Gasteiger partial charge >= 0.3 is 5.97 Å². The monoisotopic (exact) mass is 308 g/mol. The van der Waals surface area contributed by atoms with E-state index in [1.54, 1.807) is 30.3 Å². The summed E-state index contributed by atoms with van der Waals surface area (Å²) in [6, 6.07) is 15.3. The molecule has 2 aromatic rings. The molecule has 0 aromatic heterocycles. The van der Waals surface area contributed by atoms with E-state index in [4.69, 9.17) is 0 Å². The number of amides is 1. The number of anilines is 2. The largest absolute Gasteiger partial charge is 0.479 e. The number of hydrogen-bond acceptors (Lipinski definition) is 3. The van der Waals surface area contributed by atoms with Gasteiger partial charge in [0.25, 0.3) is 0 Å². The number of carbonyl (C=O) groups excluding carboxylic acids is 1. The van der Waals surface area contributed by atoms with Crippen molar-refractivity contribution in [3.05, 3.63) is 72.3 Å². The number of aliphatic carboxylic acids is 1. The number of carboxylic acids is 1. The predicted molar refractivity (Wildman–Crippen MR) is 88.4 cm³/mol. The topological polar surface area (TPSA) is 78.4 Å². The molecule has 1 aliphatic rings. The van der Waals surface area contributed by atoms with Crippen molar-refractivity contribution >= 4 is 23.3 Å². The second-order valence-corrected chi connectivity index (χ2v) is 5.37. The standard InChI is InChI=1S/C18H16N2O3/c1-11-15(17(21)19-12-7-3-2-4-8-12)13-9-5-6-10-14(13)20-16(11)18(22)23/h2-10,15-16,20H,1H2,(H,19,21)(H,22,23). The summed E-state index contributed by atoms with van der Waals surface area (Å²) in [5.74, 6) is -2.06. The average Bonchev–Trinajstić information content (AvgIpc) is 2.54. The molecule has 1 aliphatic heterocycles. The van der Waals surface area contributed by atoms with Crippen molar-refractivity contribution in [3.8, 4) is 0 Å².